The highest BCUT2D eigenvalue weighted by atomic mass is 32.1. The van der Waals surface area contributed by atoms with Crippen molar-refractivity contribution in [3.8, 4) is 0 Å². The van der Waals surface area contributed by atoms with Gasteiger partial charge in [0.1, 0.15) is 5.69 Å². The Morgan fingerprint density at radius 2 is 2.19 bits per heavy atom. The first-order valence-corrected chi connectivity index (χ1v) is 8.34. The number of thiazole rings is 1. The van der Waals surface area contributed by atoms with Gasteiger partial charge in [0.15, 0.2) is 0 Å². The Morgan fingerprint density at radius 1 is 1.43 bits per heavy atom. The highest BCUT2D eigenvalue weighted by Crippen LogP contribution is 2.29. The van der Waals surface area contributed by atoms with Gasteiger partial charge in [-0.05, 0) is 25.2 Å². The molecule has 1 amide bonds. The van der Waals surface area contributed by atoms with Crippen LogP contribution in [0, 0.1) is 11.8 Å². The largest absolute Gasteiger partial charge is 0.461 e. The summed E-state index contributed by atoms with van der Waals surface area (Å²) in [5.41, 5.74) is 0.300. The van der Waals surface area contributed by atoms with Crippen molar-refractivity contribution in [1.82, 2.24) is 10.3 Å². The van der Waals surface area contributed by atoms with E-state index < -0.39 is 5.97 Å². The summed E-state index contributed by atoms with van der Waals surface area (Å²) in [6.07, 6.45) is 3.37. The molecule has 21 heavy (non-hydrogen) atoms. The standard InChI is InChI=1S/C15H22N2O3S/c1-4-20-15(19)14-17-12(8-21-14)13(18)16-11-7-5-6-9(2)10(11)3/h8-11H,4-7H2,1-3H3,(H,16,18). The van der Waals surface area contributed by atoms with E-state index in [1.807, 2.05) is 0 Å². The number of rotatable bonds is 4. The minimum Gasteiger partial charge on any atom is -0.461 e. The summed E-state index contributed by atoms with van der Waals surface area (Å²) in [7, 11) is 0. The number of esters is 1. The van der Waals surface area contributed by atoms with Crippen LogP contribution in [0.1, 0.15) is 60.3 Å². The van der Waals surface area contributed by atoms with Gasteiger partial charge in [0, 0.05) is 11.4 Å². The molecule has 3 atom stereocenters. The third-order valence-electron chi connectivity index (χ3n) is 4.21. The molecular weight excluding hydrogens is 288 g/mol. The number of ether oxygens (including phenoxy) is 1. The van der Waals surface area contributed by atoms with E-state index in [1.165, 1.54) is 6.42 Å². The molecule has 0 aliphatic heterocycles. The molecule has 1 aliphatic rings. The van der Waals surface area contributed by atoms with Crippen molar-refractivity contribution in [3.63, 3.8) is 0 Å². The fourth-order valence-corrected chi connectivity index (χ4v) is 3.38. The average Bonchev–Trinajstić information content (AvgIpc) is 2.94. The predicted molar refractivity (Wildman–Crippen MR) is 81.5 cm³/mol. The lowest BCUT2D eigenvalue weighted by atomic mass is 9.78. The molecule has 0 aromatic carbocycles. The summed E-state index contributed by atoms with van der Waals surface area (Å²) >= 11 is 1.14. The summed E-state index contributed by atoms with van der Waals surface area (Å²) in [5.74, 6) is 0.411. The molecule has 0 spiro atoms. The van der Waals surface area contributed by atoms with Crippen LogP contribution in [0.25, 0.3) is 0 Å². The molecule has 1 aromatic heterocycles. The maximum absolute atomic E-state index is 12.2. The van der Waals surface area contributed by atoms with Crippen molar-refractivity contribution < 1.29 is 14.3 Å². The average molecular weight is 310 g/mol. The molecule has 1 saturated carbocycles. The van der Waals surface area contributed by atoms with Crippen molar-refractivity contribution >= 4 is 23.2 Å². The van der Waals surface area contributed by atoms with Crippen molar-refractivity contribution in [2.75, 3.05) is 6.61 Å². The van der Waals surface area contributed by atoms with E-state index >= 15 is 0 Å². The van der Waals surface area contributed by atoms with Gasteiger partial charge in [-0.1, -0.05) is 26.7 Å². The van der Waals surface area contributed by atoms with Gasteiger partial charge in [0.25, 0.3) is 5.91 Å². The highest BCUT2D eigenvalue weighted by Gasteiger charge is 2.29. The molecule has 1 aromatic rings. The van der Waals surface area contributed by atoms with E-state index in [1.54, 1.807) is 12.3 Å². The Labute approximate surface area is 129 Å². The van der Waals surface area contributed by atoms with Gasteiger partial charge >= 0.3 is 5.97 Å². The van der Waals surface area contributed by atoms with Crippen molar-refractivity contribution in [1.29, 1.82) is 0 Å². The zero-order valence-electron chi connectivity index (χ0n) is 12.7. The molecule has 1 fully saturated rings. The van der Waals surface area contributed by atoms with Gasteiger partial charge in [-0.25, -0.2) is 9.78 Å². The van der Waals surface area contributed by atoms with Crippen LogP contribution in [-0.4, -0.2) is 29.5 Å². The first kappa shape index (κ1) is 15.9. The normalized spacial score (nSPS) is 25.4. The Kier molecular flexibility index (Phi) is 5.33. The summed E-state index contributed by atoms with van der Waals surface area (Å²) in [4.78, 5) is 27.9. The minimum absolute atomic E-state index is 0.189. The Balaban J connectivity index is 1.99. The van der Waals surface area contributed by atoms with Gasteiger partial charge < -0.3 is 10.1 Å². The molecule has 1 heterocycles. The molecule has 1 N–H and O–H groups in total. The zero-order chi connectivity index (χ0) is 15.4. The van der Waals surface area contributed by atoms with Crippen LogP contribution in [0.3, 0.4) is 0 Å². The van der Waals surface area contributed by atoms with E-state index in [9.17, 15) is 9.59 Å². The maximum atomic E-state index is 12.2. The molecule has 0 bridgehead atoms. The quantitative estimate of drug-likeness (QED) is 0.868. The monoisotopic (exact) mass is 310 g/mol. The van der Waals surface area contributed by atoms with Crippen molar-refractivity contribution in [2.24, 2.45) is 11.8 Å². The number of nitrogens with one attached hydrogen (secondary N) is 1. The highest BCUT2D eigenvalue weighted by molar-refractivity contribution is 7.11. The van der Waals surface area contributed by atoms with Gasteiger partial charge in [0.2, 0.25) is 5.01 Å². The number of amides is 1. The first-order valence-electron chi connectivity index (χ1n) is 7.46. The van der Waals surface area contributed by atoms with Gasteiger partial charge in [-0.15, -0.1) is 11.3 Å². The lowest BCUT2D eigenvalue weighted by molar-refractivity contribution is 0.0526. The van der Waals surface area contributed by atoms with E-state index in [-0.39, 0.29) is 17.0 Å². The van der Waals surface area contributed by atoms with Crippen LogP contribution in [0.5, 0.6) is 0 Å². The number of hydrogen-bond donors (Lipinski definition) is 1. The van der Waals surface area contributed by atoms with E-state index in [2.05, 4.69) is 24.1 Å². The zero-order valence-corrected chi connectivity index (χ0v) is 13.5. The van der Waals surface area contributed by atoms with Gasteiger partial charge in [-0.3, -0.25) is 4.79 Å². The van der Waals surface area contributed by atoms with Crippen LogP contribution in [0.2, 0.25) is 0 Å². The number of nitrogens with zero attached hydrogens (tertiary/aromatic N) is 1. The van der Waals surface area contributed by atoms with Crippen molar-refractivity contribution in [3.05, 3.63) is 16.1 Å². The lowest BCUT2D eigenvalue weighted by Gasteiger charge is -2.34. The molecule has 5 nitrogen and oxygen atoms in total. The predicted octanol–water partition coefficient (Wildman–Crippen LogP) is 2.87. The number of aromatic nitrogens is 1. The van der Waals surface area contributed by atoms with Crippen LogP contribution in [0.15, 0.2) is 5.38 Å². The summed E-state index contributed by atoms with van der Waals surface area (Å²) in [6.45, 7) is 6.45. The minimum atomic E-state index is -0.471. The summed E-state index contributed by atoms with van der Waals surface area (Å²) in [6, 6.07) is 0.189. The Bertz CT molecular complexity index is 515. The SMILES string of the molecule is CCOC(=O)c1nc(C(=O)NC2CCCC(C)C2C)cs1. The van der Waals surface area contributed by atoms with E-state index in [0.29, 0.717) is 24.1 Å². The topological polar surface area (TPSA) is 68.3 Å². The molecule has 2 rings (SSSR count). The molecule has 6 heteroatoms. The smallest absolute Gasteiger partial charge is 0.367 e. The maximum Gasteiger partial charge on any atom is 0.367 e. The lowest BCUT2D eigenvalue weighted by Crippen LogP contribution is -2.43. The molecule has 0 saturated heterocycles. The van der Waals surface area contributed by atoms with Crippen LogP contribution in [-0.2, 0) is 4.74 Å². The molecular formula is C15H22N2O3S. The van der Waals surface area contributed by atoms with Gasteiger partial charge in [0.05, 0.1) is 6.61 Å². The second kappa shape index (κ2) is 7.02. The van der Waals surface area contributed by atoms with Crippen LogP contribution in [0.4, 0.5) is 0 Å². The molecule has 0 radical (unpaired) electrons. The molecule has 1 aliphatic carbocycles. The molecule has 3 unspecified atom stereocenters. The Hall–Kier alpha value is -1.43. The fourth-order valence-electron chi connectivity index (χ4n) is 2.69. The van der Waals surface area contributed by atoms with Crippen LogP contribution >= 0.6 is 11.3 Å². The van der Waals surface area contributed by atoms with E-state index in [4.69, 9.17) is 4.74 Å². The number of carbonyl (C=O) groups excluding carboxylic acids is 2. The second-order valence-electron chi connectivity index (χ2n) is 5.61. The number of hydrogen-bond acceptors (Lipinski definition) is 5. The summed E-state index contributed by atoms with van der Waals surface area (Å²) < 4.78 is 4.88. The third-order valence-corrected chi connectivity index (χ3v) is 5.03. The van der Waals surface area contributed by atoms with E-state index in [0.717, 1.165) is 24.2 Å². The summed E-state index contributed by atoms with van der Waals surface area (Å²) in [5, 5.41) is 4.89. The second-order valence-corrected chi connectivity index (χ2v) is 6.46. The van der Waals surface area contributed by atoms with Crippen LogP contribution < -0.4 is 5.32 Å². The third kappa shape index (κ3) is 3.81. The van der Waals surface area contributed by atoms with Gasteiger partial charge in [-0.2, -0.15) is 0 Å². The Morgan fingerprint density at radius 3 is 2.90 bits per heavy atom. The van der Waals surface area contributed by atoms with Crippen molar-refractivity contribution in [2.45, 2.75) is 46.1 Å². The first-order chi connectivity index (χ1) is 10.0. The molecule has 116 valence electrons. The number of carbonyl (C=O) groups is 2. The fraction of sp³-hybridized carbons (Fsp3) is 0.667.